The Labute approximate surface area is 161 Å². The molecule has 0 bridgehead atoms. The Morgan fingerprint density at radius 3 is 2.75 bits per heavy atom. The van der Waals surface area contributed by atoms with Crippen LogP contribution in [0.5, 0.6) is 11.5 Å². The zero-order valence-corrected chi connectivity index (χ0v) is 15.7. The first-order chi connectivity index (χ1) is 13.2. The molecule has 2 atom stereocenters. The summed E-state index contributed by atoms with van der Waals surface area (Å²) in [7, 11) is 3.78. The van der Waals surface area contributed by atoms with Crippen molar-refractivity contribution in [3.8, 4) is 11.5 Å². The van der Waals surface area contributed by atoms with Crippen LogP contribution in [0.2, 0.25) is 0 Å². The van der Waals surface area contributed by atoms with Gasteiger partial charge in [0.1, 0.15) is 5.75 Å². The average molecular weight is 411 g/mol. The molecule has 1 aliphatic rings. The van der Waals surface area contributed by atoms with Crippen LogP contribution in [0, 0.1) is 0 Å². The molecular weight excluding hydrogens is 395 g/mol. The van der Waals surface area contributed by atoms with Crippen molar-refractivity contribution in [3.63, 3.8) is 0 Å². The number of H-pyrrole nitrogens is 1. The van der Waals surface area contributed by atoms with Crippen LogP contribution in [0.15, 0.2) is 41.6 Å². The lowest BCUT2D eigenvalue weighted by atomic mass is 10.2. The number of alkyl halides is 3. The first kappa shape index (κ1) is 18.8. The monoisotopic (exact) mass is 411 g/mol. The van der Waals surface area contributed by atoms with E-state index >= 15 is 0 Å². The molecule has 0 amide bonds. The van der Waals surface area contributed by atoms with E-state index < -0.39 is 23.6 Å². The summed E-state index contributed by atoms with van der Waals surface area (Å²) in [5.74, 6) is -0.288. The van der Waals surface area contributed by atoms with E-state index in [1.807, 2.05) is 43.3 Å². The van der Waals surface area contributed by atoms with Gasteiger partial charge in [-0.15, -0.1) is 0 Å². The van der Waals surface area contributed by atoms with E-state index in [1.165, 1.54) is 12.1 Å². The second-order valence-corrected chi connectivity index (χ2v) is 7.84. The Bertz CT molecular complexity index is 1030. The molecule has 0 radical (unpaired) electrons. The summed E-state index contributed by atoms with van der Waals surface area (Å²) >= 11 is -1.51. The van der Waals surface area contributed by atoms with Crippen molar-refractivity contribution in [1.82, 2.24) is 9.97 Å². The maximum absolute atomic E-state index is 13.4. The molecule has 0 saturated carbocycles. The van der Waals surface area contributed by atoms with Gasteiger partial charge in [0, 0.05) is 48.7 Å². The Kier molecular flexibility index (Phi) is 4.54. The van der Waals surface area contributed by atoms with Gasteiger partial charge in [0.25, 0.3) is 0 Å². The lowest BCUT2D eigenvalue weighted by Gasteiger charge is -2.28. The van der Waals surface area contributed by atoms with Crippen molar-refractivity contribution in [2.75, 3.05) is 19.0 Å². The van der Waals surface area contributed by atoms with Gasteiger partial charge in [-0.3, -0.25) is 4.98 Å². The van der Waals surface area contributed by atoms with Crippen molar-refractivity contribution in [2.45, 2.75) is 23.4 Å². The first-order valence-electron chi connectivity index (χ1n) is 8.29. The molecule has 2 heterocycles. The number of rotatable bonds is 4. The molecule has 2 unspecified atom stereocenters. The molecule has 10 heteroatoms. The minimum Gasteiger partial charge on any atom is -0.609 e. The number of benzene rings is 2. The number of imidazole rings is 1. The largest absolute Gasteiger partial charge is 0.609 e. The van der Waals surface area contributed by atoms with Gasteiger partial charge >= 0.3 is 17.6 Å². The highest BCUT2D eigenvalue weighted by molar-refractivity contribution is 7.90. The number of nitrogens with zero attached hydrogens (tertiary/aromatic N) is 2. The molecule has 3 aromatic rings. The molecule has 1 aliphatic heterocycles. The number of ether oxygens (including phenoxy) is 2. The fraction of sp³-hybridized carbons (Fsp3) is 0.278. The lowest BCUT2D eigenvalue weighted by Crippen LogP contribution is -2.43. The van der Waals surface area contributed by atoms with Crippen LogP contribution < -0.4 is 14.4 Å². The van der Waals surface area contributed by atoms with Crippen molar-refractivity contribution in [3.05, 3.63) is 42.0 Å². The minimum absolute atomic E-state index is 0.175. The normalized spacial score (nSPS) is 18.9. The highest BCUT2D eigenvalue weighted by Gasteiger charge is 2.49. The molecule has 0 saturated heterocycles. The van der Waals surface area contributed by atoms with Gasteiger partial charge in [0.05, 0.1) is 11.0 Å². The van der Waals surface area contributed by atoms with Gasteiger partial charge in [-0.25, -0.2) is 0 Å². The Morgan fingerprint density at radius 2 is 2.00 bits per heavy atom. The Morgan fingerprint density at radius 1 is 1.25 bits per heavy atom. The van der Waals surface area contributed by atoms with Gasteiger partial charge < -0.3 is 18.9 Å². The second kappa shape index (κ2) is 6.78. The Hall–Kier alpha value is -2.59. The molecular formula is C18H16F3N3O3S. The highest BCUT2D eigenvalue weighted by atomic mass is 32.2. The second-order valence-electron chi connectivity index (χ2n) is 6.47. The van der Waals surface area contributed by atoms with E-state index in [1.54, 1.807) is 0 Å². The molecule has 0 aliphatic carbocycles. The summed E-state index contributed by atoms with van der Waals surface area (Å²) in [5, 5.41) is 0.175. The van der Waals surface area contributed by atoms with Crippen molar-refractivity contribution < 1.29 is 27.2 Å². The summed E-state index contributed by atoms with van der Waals surface area (Å²) < 4.78 is 61.8. The number of aromatic nitrogens is 2. The van der Waals surface area contributed by atoms with Gasteiger partial charge in [-0.1, -0.05) is 18.2 Å². The minimum atomic E-state index is -4.08. The van der Waals surface area contributed by atoms with Crippen LogP contribution in [0.4, 0.5) is 18.9 Å². The van der Waals surface area contributed by atoms with Crippen LogP contribution in [-0.2, 0) is 16.9 Å². The molecule has 0 fully saturated rings. The van der Waals surface area contributed by atoms with E-state index in [0.29, 0.717) is 5.52 Å². The molecule has 4 rings (SSSR count). The van der Waals surface area contributed by atoms with Gasteiger partial charge in [0.15, 0.2) is 11.5 Å². The topological polar surface area (TPSA) is 73.4 Å². The molecule has 0 spiro atoms. The number of anilines is 1. The summed E-state index contributed by atoms with van der Waals surface area (Å²) in [5.41, 5.74) is 2.45. The first-order valence-corrected chi connectivity index (χ1v) is 9.61. The van der Waals surface area contributed by atoms with Crippen molar-refractivity contribution in [1.29, 1.82) is 0 Å². The number of hydrogen-bond donors (Lipinski definition) is 1. The summed E-state index contributed by atoms with van der Waals surface area (Å²) in [6.45, 7) is 0. The van der Waals surface area contributed by atoms with Crippen LogP contribution in [0.1, 0.15) is 5.56 Å². The van der Waals surface area contributed by atoms with E-state index in [-0.39, 0.29) is 27.9 Å². The summed E-state index contributed by atoms with van der Waals surface area (Å²) in [6.07, 6.45) is -6.99. The lowest BCUT2D eigenvalue weighted by molar-refractivity contribution is -0.281. The number of nitrogens with one attached hydrogen (secondary N) is 1. The van der Waals surface area contributed by atoms with Gasteiger partial charge in [-0.05, 0) is 6.07 Å². The molecule has 1 aromatic heterocycles. The van der Waals surface area contributed by atoms with Crippen LogP contribution in [-0.4, -0.2) is 41.1 Å². The number of halogens is 3. The van der Waals surface area contributed by atoms with Crippen LogP contribution in [0.3, 0.4) is 0 Å². The molecule has 148 valence electrons. The van der Waals surface area contributed by atoms with Crippen molar-refractivity contribution >= 4 is 27.9 Å². The zero-order chi connectivity index (χ0) is 20.1. The maximum Gasteiger partial charge on any atom is 0.468 e. The van der Waals surface area contributed by atoms with Gasteiger partial charge in [0.2, 0.25) is 0 Å². The zero-order valence-electron chi connectivity index (χ0n) is 14.9. The smallest absolute Gasteiger partial charge is 0.468 e. The third kappa shape index (κ3) is 3.33. The molecule has 6 nitrogen and oxygen atoms in total. The number of aromatic amines is 1. The standard InChI is InChI=1S/C18H16F3N3O3S/c1-24(2)13-6-4-3-5-10(13)9-28(25)17-22-11-7-14-15(8-12(11)23-17)27-18(20,21)16(19)26-14/h3-8,16H,9H2,1-2H3,(H,22,23). The Balaban J connectivity index is 1.64. The third-order valence-corrected chi connectivity index (χ3v) is 5.44. The van der Waals surface area contributed by atoms with Crippen LogP contribution in [0.25, 0.3) is 11.0 Å². The van der Waals surface area contributed by atoms with Gasteiger partial charge in [-0.2, -0.15) is 18.2 Å². The van der Waals surface area contributed by atoms with E-state index in [9.17, 15) is 17.7 Å². The maximum atomic E-state index is 13.4. The SMILES string of the molecule is CN(C)c1ccccc1C[S+]([O-])c1nc2cc3c(cc2[nH]1)OC(F)C(F)(F)O3. The quantitative estimate of drug-likeness (QED) is 0.664. The molecule has 2 aromatic carbocycles. The fourth-order valence-electron chi connectivity index (χ4n) is 2.93. The third-order valence-electron chi connectivity index (χ3n) is 4.24. The van der Waals surface area contributed by atoms with Crippen LogP contribution >= 0.6 is 0 Å². The predicted molar refractivity (Wildman–Crippen MR) is 98.1 cm³/mol. The van der Waals surface area contributed by atoms with Crippen molar-refractivity contribution in [2.24, 2.45) is 0 Å². The number of fused-ring (bicyclic) bond motifs is 2. The van der Waals surface area contributed by atoms with E-state index in [4.69, 9.17) is 0 Å². The highest BCUT2D eigenvalue weighted by Crippen LogP contribution is 2.42. The summed E-state index contributed by atoms with van der Waals surface area (Å²) in [4.78, 5) is 9.01. The summed E-state index contributed by atoms with van der Waals surface area (Å²) in [6, 6.07) is 10.0. The fourth-order valence-corrected chi connectivity index (χ4v) is 4.01. The molecule has 1 N–H and O–H groups in total. The van der Waals surface area contributed by atoms with E-state index in [0.717, 1.165) is 11.3 Å². The number of para-hydroxylation sites is 1. The predicted octanol–water partition coefficient (Wildman–Crippen LogP) is 3.60. The average Bonchev–Trinajstić information content (AvgIpc) is 3.04. The number of hydrogen-bond acceptors (Lipinski definition) is 5. The van der Waals surface area contributed by atoms with E-state index in [2.05, 4.69) is 19.4 Å². The molecule has 28 heavy (non-hydrogen) atoms.